The van der Waals surface area contributed by atoms with Crippen LogP contribution in [-0.2, 0) is 17.8 Å². The van der Waals surface area contributed by atoms with Crippen molar-refractivity contribution in [3.8, 4) is 17.1 Å². The summed E-state index contributed by atoms with van der Waals surface area (Å²) in [6.07, 6.45) is 2.17. The Morgan fingerprint density at radius 3 is 2.76 bits per heavy atom. The number of nitrogens with one attached hydrogen (secondary N) is 2. The first-order valence-corrected chi connectivity index (χ1v) is 12.1. The van der Waals surface area contributed by atoms with Crippen molar-refractivity contribution in [1.29, 1.82) is 0 Å². The van der Waals surface area contributed by atoms with E-state index in [0.717, 1.165) is 64.2 Å². The zero-order chi connectivity index (χ0) is 23.7. The molecule has 33 heavy (non-hydrogen) atoms. The number of ether oxygens (including phenoxy) is 1. The maximum Gasteiger partial charge on any atom is 0.260 e. The van der Waals surface area contributed by atoms with Crippen LogP contribution in [0.4, 0.5) is 0 Å². The summed E-state index contributed by atoms with van der Waals surface area (Å²) in [6, 6.07) is 3.95. The van der Waals surface area contributed by atoms with Crippen molar-refractivity contribution in [2.75, 3.05) is 13.6 Å². The molecule has 0 spiro atoms. The molecule has 1 amide bonds. The molecule has 8 nitrogen and oxygen atoms in total. The molecule has 4 rings (SSSR count). The average molecular weight is 471 g/mol. The van der Waals surface area contributed by atoms with E-state index in [1.165, 1.54) is 4.88 Å². The molecule has 1 aromatic carbocycles. The van der Waals surface area contributed by atoms with E-state index in [1.54, 1.807) is 16.8 Å². The Morgan fingerprint density at radius 1 is 1.36 bits per heavy atom. The molecule has 0 saturated carbocycles. The van der Waals surface area contributed by atoms with E-state index < -0.39 is 5.91 Å². The smallest absolute Gasteiger partial charge is 0.260 e. The van der Waals surface area contributed by atoms with Gasteiger partial charge in [-0.3, -0.25) is 14.8 Å². The number of carbonyl (C=O) groups is 1. The number of H-pyrrole nitrogens is 1. The van der Waals surface area contributed by atoms with Crippen LogP contribution in [-0.4, -0.2) is 45.7 Å². The Hall–Kier alpha value is -2.75. The number of aryl methyl sites for hydroxylation is 2. The SMILES string of the molecule is CCC(CCC(=O)NO)Oc1c(C)cc(-c2nc3sc4c(c3c(=O)[nH]2)CCN(C)C4)cc1C. The Morgan fingerprint density at radius 2 is 2.09 bits per heavy atom. The highest BCUT2D eigenvalue weighted by Gasteiger charge is 2.23. The molecule has 3 N–H and O–H groups in total. The second kappa shape index (κ2) is 9.62. The molecule has 1 atom stereocenters. The third-order valence-electron chi connectivity index (χ3n) is 6.19. The topological polar surface area (TPSA) is 108 Å². The maximum absolute atomic E-state index is 13.0. The number of amides is 1. The Balaban J connectivity index is 1.64. The lowest BCUT2D eigenvalue weighted by Crippen LogP contribution is -2.25. The number of benzene rings is 1. The number of hydroxylamine groups is 1. The highest BCUT2D eigenvalue weighted by atomic mass is 32.1. The van der Waals surface area contributed by atoms with E-state index in [4.69, 9.17) is 14.9 Å². The third-order valence-corrected chi connectivity index (χ3v) is 7.30. The van der Waals surface area contributed by atoms with Crippen LogP contribution in [0.15, 0.2) is 16.9 Å². The number of hydrogen-bond acceptors (Lipinski definition) is 7. The number of nitrogens with zero attached hydrogens (tertiary/aromatic N) is 2. The minimum atomic E-state index is -0.423. The highest BCUT2D eigenvalue weighted by molar-refractivity contribution is 7.18. The fraction of sp³-hybridized carbons (Fsp3) is 0.458. The van der Waals surface area contributed by atoms with Crippen LogP contribution in [0.25, 0.3) is 21.6 Å². The van der Waals surface area contributed by atoms with E-state index in [0.29, 0.717) is 12.2 Å². The van der Waals surface area contributed by atoms with Gasteiger partial charge in [-0.25, -0.2) is 10.5 Å². The average Bonchev–Trinajstić information content (AvgIpc) is 3.15. The predicted molar refractivity (Wildman–Crippen MR) is 129 cm³/mol. The monoisotopic (exact) mass is 470 g/mol. The molecular formula is C24H30N4O4S. The minimum Gasteiger partial charge on any atom is -0.490 e. The lowest BCUT2D eigenvalue weighted by molar-refractivity contribution is -0.129. The molecule has 9 heteroatoms. The van der Waals surface area contributed by atoms with Gasteiger partial charge in [-0.15, -0.1) is 11.3 Å². The summed E-state index contributed by atoms with van der Waals surface area (Å²) in [6.45, 7) is 7.74. The van der Waals surface area contributed by atoms with Gasteiger partial charge in [0.1, 0.15) is 16.4 Å². The Labute approximate surface area is 196 Å². The van der Waals surface area contributed by atoms with Crippen LogP contribution in [0, 0.1) is 13.8 Å². The van der Waals surface area contributed by atoms with E-state index in [9.17, 15) is 9.59 Å². The molecule has 1 unspecified atom stereocenters. The zero-order valence-corrected chi connectivity index (χ0v) is 20.3. The first-order chi connectivity index (χ1) is 15.8. The van der Waals surface area contributed by atoms with Gasteiger partial charge in [0, 0.05) is 30.0 Å². The van der Waals surface area contributed by atoms with Gasteiger partial charge in [0.25, 0.3) is 5.56 Å². The number of fused-ring (bicyclic) bond motifs is 3. The largest absolute Gasteiger partial charge is 0.490 e. The molecule has 0 radical (unpaired) electrons. The molecule has 1 aliphatic heterocycles. The van der Waals surface area contributed by atoms with Crippen molar-refractivity contribution >= 4 is 27.5 Å². The summed E-state index contributed by atoms with van der Waals surface area (Å²) in [5.41, 5.74) is 5.43. The molecule has 2 aromatic heterocycles. The Bertz CT molecular complexity index is 1230. The Kier molecular flexibility index (Phi) is 6.83. The van der Waals surface area contributed by atoms with Gasteiger partial charge in [-0.2, -0.15) is 0 Å². The second-order valence-corrected chi connectivity index (χ2v) is 9.83. The standard InChI is InChI=1S/C24H30N4O4S/c1-5-16(6-7-19(29)27-31)32-21-13(2)10-15(11-14(21)3)22-25-23(30)20-17-8-9-28(4)12-18(17)33-24(20)26-22/h10-11,16,31H,5-9,12H2,1-4H3,(H,27,29)(H,25,26,30). The second-order valence-electron chi connectivity index (χ2n) is 8.75. The normalized spacial score (nSPS) is 14.8. The number of aromatic amines is 1. The van der Waals surface area contributed by atoms with Gasteiger partial charge >= 0.3 is 0 Å². The summed E-state index contributed by atoms with van der Waals surface area (Å²) in [4.78, 5) is 36.4. The van der Waals surface area contributed by atoms with Crippen LogP contribution in [0.3, 0.4) is 0 Å². The quantitative estimate of drug-likeness (QED) is 0.359. The van der Waals surface area contributed by atoms with Gasteiger partial charge in [0.2, 0.25) is 5.91 Å². The van der Waals surface area contributed by atoms with Gasteiger partial charge in [0.05, 0.1) is 11.5 Å². The van der Waals surface area contributed by atoms with Crippen LogP contribution in [0.5, 0.6) is 5.75 Å². The fourth-order valence-electron chi connectivity index (χ4n) is 4.40. The number of aromatic nitrogens is 2. The molecule has 0 fully saturated rings. The molecule has 1 aliphatic rings. The molecular weight excluding hydrogens is 440 g/mol. The van der Waals surface area contributed by atoms with Crippen molar-refractivity contribution in [1.82, 2.24) is 20.3 Å². The van der Waals surface area contributed by atoms with Crippen LogP contribution in [0.1, 0.15) is 47.8 Å². The number of likely N-dealkylation sites (N-methyl/N-ethyl adjacent to an activating group) is 1. The van der Waals surface area contributed by atoms with Crippen LogP contribution < -0.4 is 15.8 Å². The first-order valence-electron chi connectivity index (χ1n) is 11.2. The maximum atomic E-state index is 13.0. The van der Waals surface area contributed by atoms with E-state index in [2.05, 4.69) is 16.9 Å². The number of rotatable bonds is 7. The highest BCUT2D eigenvalue weighted by Crippen LogP contribution is 2.34. The first kappa shape index (κ1) is 23.4. The lowest BCUT2D eigenvalue weighted by Gasteiger charge is -2.21. The van der Waals surface area contributed by atoms with Crippen molar-refractivity contribution in [2.45, 2.75) is 59.1 Å². The number of hydrogen-bond donors (Lipinski definition) is 3. The van der Waals surface area contributed by atoms with Gasteiger partial charge in [-0.05, 0) is 69.0 Å². The number of carbonyl (C=O) groups excluding carboxylic acids is 1. The third kappa shape index (κ3) is 4.80. The minimum absolute atomic E-state index is 0.0825. The molecule has 3 aromatic rings. The van der Waals surface area contributed by atoms with Crippen molar-refractivity contribution in [2.24, 2.45) is 0 Å². The molecule has 3 heterocycles. The van der Waals surface area contributed by atoms with Crippen LogP contribution in [0.2, 0.25) is 0 Å². The van der Waals surface area contributed by atoms with Crippen molar-refractivity contribution in [3.63, 3.8) is 0 Å². The molecule has 0 bridgehead atoms. The summed E-state index contributed by atoms with van der Waals surface area (Å²) in [5.74, 6) is 0.907. The fourth-order valence-corrected chi connectivity index (χ4v) is 5.70. The summed E-state index contributed by atoms with van der Waals surface area (Å²) in [7, 11) is 2.09. The lowest BCUT2D eigenvalue weighted by atomic mass is 10.0. The van der Waals surface area contributed by atoms with Gasteiger partial charge < -0.3 is 14.6 Å². The van der Waals surface area contributed by atoms with Crippen molar-refractivity contribution < 1.29 is 14.7 Å². The van der Waals surface area contributed by atoms with Gasteiger partial charge in [-0.1, -0.05) is 6.92 Å². The molecule has 176 valence electrons. The zero-order valence-electron chi connectivity index (χ0n) is 19.4. The van der Waals surface area contributed by atoms with Crippen LogP contribution >= 0.6 is 11.3 Å². The van der Waals surface area contributed by atoms with E-state index in [1.807, 2.05) is 32.9 Å². The summed E-state index contributed by atoms with van der Waals surface area (Å²) in [5, 5.41) is 9.44. The summed E-state index contributed by atoms with van der Waals surface area (Å²) >= 11 is 1.61. The van der Waals surface area contributed by atoms with Crippen molar-refractivity contribution in [3.05, 3.63) is 44.1 Å². The summed E-state index contributed by atoms with van der Waals surface area (Å²) < 4.78 is 6.21. The van der Waals surface area contributed by atoms with Gasteiger partial charge in [0.15, 0.2) is 0 Å². The van der Waals surface area contributed by atoms with E-state index >= 15 is 0 Å². The molecule has 0 saturated heterocycles. The predicted octanol–water partition coefficient (Wildman–Crippen LogP) is 3.70. The van der Waals surface area contributed by atoms with E-state index in [-0.39, 0.29) is 18.1 Å². The number of thiophene rings is 1. The molecule has 0 aliphatic carbocycles.